The van der Waals surface area contributed by atoms with Crippen LogP contribution in [0.2, 0.25) is 0 Å². The Morgan fingerprint density at radius 2 is 2.28 bits per heavy atom. The van der Waals surface area contributed by atoms with Gasteiger partial charge in [0.15, 0.2) is 0 Å². The normalized spacial score (nSPS) is 10.9. The van der Waals surface area contributed by atoms with E-state index in [1.54, 1.807) is 42.9 Å². The molecule has 0 saturated heterocycles. The lowest BCUT2D eigenvalue weighted by molar-refractivity contribution is -0.116. The Morgan fingerprint density at radius 3 is 3.08 bits per heavy atom. The fourth-order valence-corrected chi connectivity index (χ4v) is 3.08. The highest BCUT2D eigenvalue weighted by Gasteiger charge is 2.06. The van der Waals surface area contributed by atoms with Crippen LogP contribution < -0.4 is 10.1 Å². The van der Waals surface area contributed by atoms with E-state index in [1.165, 1.54) is 6.08 Å². The van der Waals surface area contributed by atoms with Gasteiger partial charge < -0.3 is 14.5 Å². The van der Waals surface area contributed by atoms with Crippen LogP contribution in [0.3, 0.4) is 0 Å². The number of hydrogen-bond acceptors (Lipinski definition) is 5. The molecule has 0 unspecified atom stereocenters. The van der Waals surface area contributed by atoms with Crippen molar-refractivity contribution in [3.8, 4) is 16.3 Å². The molecule has 2 heterocycles. The lowest BCUT2D eigenvalue weighted by Crippen LogP contribution is -2.23. The first kappa shape index (κ1) is 17.0. The molecule has 0 atom stereocenters. The molecule has 2 aromatic heterocycles. The molecule has 0 spiro atoms. The first-order chi connectivity index (χ1) is 12.2. The molecule has 0 aliphatic carbocycles. The van der Waals surface area contributed by atoms with E-state index in [0.717, 1.165) is 22.0 Å². The fourth-order valence-electron chi connectivity index (χ4n) is 2.23. The van der Waals surface area contributed by atoms with Crippen LogP contribution in [0.5, 0.6) is 5.75 Å². The molecule has 6 heteroatoms. The number of nitrogens with one attached hydrogen (secondary N) is 1. The third kappa shape index (κ3) is 4.81. The van der Waals surface area contributed by atoms with Crippen LogP contribution in [-0.2, 0) is 11.2 Å². The second-order valence-corrected chi connectivity index (χ2v) is 6.12. The highest BCUT2D eigenvalue weighted by Crippen LogP contribution is 2.26. The number of rotatable bonds is 7. The largest absolute Gasteiger partial charge is 0.497 e. The van der Waals surface area contributed by atoms with Gasteiger partial charge in [0.1, 0.15) is 16.5 Å². The van der Waals surface area contributed by atoms with E-state index >= 15 is 0 Å². The smallest absolute Gasteiger partial charge is 0.244 e. The number of furan rings is 1. The predicted molar refractivity (Wildman–Crippen MR) is 98.6 cm³/mol. The van der Waals surface area contributed by atoms with Gasteiger partial charge in [-0.25, -0.2) is 4.98 Å². The quantitative estimate of drug-likeness (QED) is 0.656. The van der Waals surface area contributed by atoms with Gasteiger partial charge in [-0.05, 0) is 30.3 Å². The summed E-state index contributed by atoms with van der Waals surface area (Å²) in [5.41, 5.74) is 1.99. The second-order valence-electron chi connectivity index (χ2n) is 5.27. The summed E-state index contributed by atoms with van der Waals surface area (Å²) in [6, 6.07) is 11.4. The van der Waals surface area contributed by atoms with Crippen molar-refractivity contribution >= 4 is 23.3 Å². The van der Waals surface area contributed by atoms with Crippen molar-refractivity contribution in [1.29, 1.82) is 0 Å². The van der Waals surface area contributed by atoms with Crippen LogP contribution in [0.15, 0.2) is 58.5 Å². The maximum absolute atomic E-state index is 11.8. The van der Waals surface area contributed by atoms with Crippen molar-refractivity contribution in [2.45, 2.75) is 6.42 Å². The van der Waals surface area contributed by atoms with E-state index in [-0.39, 0.29) is 5.91 Å². The second kappa shape index (κ2) is 8.30. The summed E-state index contributed by atoms with van der Waals surface area (Å²) in [6.45, 7) is 0.530. The number of aromatic nitrogens is 1. The standard InChI is InChI=1S/C19H18N2O3S/c1-23-17-5-2-4-14(12-17)19-21-15(13-25-19)9-10-20-18(22)8-7-16-6-3-11-24-16/h2-8,11-13H,9-10H2,1H3,(H,20,22)/b8-7+. The molecule has 3 aromatic rings. The monoisotopic (exact) mass is 354 g/mol. The highest BCUT2D eigenvalue weighted by atomic mass is 32.1. The van der Waals surface area contributed by atoms with Crippen LogP contribution in [0.4, 0.5) is 0 Å². The van der Waals surface area contributed by atoms with Crippen LogP contribution in [-0.4, -0.2) is 24.5 Å². The SMILES string of the molecule is COc1cccc(-c2nc(CCNC(=O)/C=C/c3ccco3)cs2)c1. The summed E-state index contributed by atoms with van der Waals surface area (Å²) in [4.78, 5) is 16.4. The van der Waals surface area contributed by atoms with Crippen molar-refractivity contribution in [3.05, 3.63) is 65.6 Å². The number of amides is 1. The Bertz CT molecular complexity index is 853. The minimum absolute atomic E-state index is 0.153. The van der Waals surface area contributed by atoms with E-state index in [9.17, 15) is 4.79 Å². The maximum Gasteiger partial charge on any atom is 0.244 e. The molecule has 0 saturated carbocycles. The fraction of sp³-hybridized carbons (Fsp3) is 0.158. The van der Waals surface area contributed by atoms with E-state index in [0.29, 0.717) is 18.7 Å². The molecule has 25 heavy (non-hydrogen) atoms. The number of benzene rings is 1. The third-order valence-corrected chi connectivity index (χ3v) is 4.43. The average Bonchev–Trinajstić information content (AvgIpc) is 3.32. The Morgan fingerprint density at radius 1 is 1.36 bits per heavy atom. The lowest BCUT2D eigenvalue weighted by atomic mass is 10.2. The molecule has 0 fully saturated rings. The minimum atomic E-state index is -0.153. The molecule has 0 aliphatic rings. The lowest BCUT2D eigenvalue weighted by Gasteiger charge is -2.01. The van der Waals surface area contributed by atoms with Gasteiger partial charge in [0.05, 0.1) is 19.1 Å². The Balaban J connectivity index is 1.51. The number of methoxy groups -OCH3 is 1. The van der Waals surface area contributed by atoms with Crippen LogP contribution in [0.25, 0.3) is 16.6 Å². The first-order valence-corrected chi connectivity index (χ1v) is 8.71. The van der Waals surface area contributed by atoms with Crippen LogP contribution in [0.1, 0.15) is 11.5 Å². The topological polar surface area (TPSA) is 64.4 Å². The van der Waals surface area contributed by atoms with Gasteiger partial charge in [-0.15, -0.1) is 11.3 Å². The number of thiazole rings is 1. The molecule has 1 aromatic carbocycles. The third-order valence-electron chi connectivity index (χ3n) is 3.49. The van der Waals surface area contributed by atoms with Crippen molar-refractivity contribution < 1.29 is 13.9 Å². The van der Waals surface area contributed by atoms with E-state index in [2.05, 4.69) is 10.3 Å². The Kier molecular flexibility index (Phi) is 5.64. The summed E-state index contributed by atoms with van der Waals surface area (Å²) >= 11 is 1.58. The van der Waals surface area contributed by atoms with Gasteiger partial charge in [0.25, 0.3) is 0 Å². The minimum Gasteiger partial charge on any atom is -0.497 e. The zero-order valence-corrected chi connectivity index (χ0v) is 14.6. The van der Waals surface area contributed by atoms with Crippen molar-refractivity contribution in [2.24, 2.45) is 0 Å². The number of hydrogen-bond donors (Lipinski definition) is 1. The van der Waals surface area contributed by atoms with Crippen molar-refractivity contribution in [2.75, 3.05) is 13.7 Å². The molecule has 0 bridgehead atoms. The molecule has 5 nitrogen and oxygen atoms in total. The number of nitrogens with zero attached hydrogens (tertiary/aromatic N) is 1. The van der Waals surface area contributed by atoms with Crippen LogP contribution in [0, 0.1) is 0 Å². The summed E-state index contributed by atoms with van der Waals surface area (Å²) in [6.07, 6.45) is 5.35. The molecule has 128 valence electrons. The molecule has 1 N–H and O–H groups in total. The first-order valence-electron chi connectivity index (χ1n) is 7.83. The molecular formula is C19H18N2O3S. The zero-order valence-electron chi connectivity index (χ0n) is 13.8. The summed E-state index contributed by atoms with van der Waals surface area (Å²) in [7, 11) is 1.65. The molecule has 0 radical (unpaired) electrons. The Labute approximate surface area is 150 Å². The summed E-state index contributed by atoms with van der Waals surface area (Å²) in [5, 5.41) is 5.79. The van der Waals surface area contributed by atoms with Gasteiger partial charge in [0, 0.05) is 30.0 Å². The summed E-state index contributed by atoms with van der Waals surface area (Å²) < 4.78 is 10.4. The van der Waals surface area contributed by atoms with E-state index < -0.39 is 0 Å². The average molecular weight is 354 g/mol. The molecular weight excluding hydrogens is 336 g/mol. The van der Waals surface area contributed by atoms with Crippen molar-refractivity contribution in [1.82, 2.24) is 10.3 Å². The van der Waals surface area contributed by atoms with Gasteiger partial charge in [-0.3, -0.25) is 4.79 Å². The Hall–Kier alpha value is -2.86. The van der Waals surface area contributed by atoms with Gasteiger partial charge >= 0.3 is 0 Å². The molecule has 0 aliphatic heterocycles. The highest BCUT2D eigenvalue weighted by molar-refractivity contribution is 7.13. The van der Waals surface area contributed by atoms with Crippen molar-refractivity contribution in [3.63, 3.8) is 0 Å². The summed E-state index contributed by atoms with van der Waals surface area (Å²) in [5.74, 6) is 1.31. The predicted octanol–water partition coefficient (Wildman–Crippen LogP) is 3.78. The molecule has 1 amide bonds. The number of ether oxygens (including phenoxy) is 1. The van der Waals surface area contributed by atoms with E-state index in [1.807, 2.05) is 29.6 Å². The van der Waals surface area contributed by atoms with Gasteiger partial charge in [-0.1, -0.05) is 12.1 Å². The number of carbonyl (C=O) groups is 1. The van der Waals surface area contributed by atoms with Gasteiger partial charge in [0.2, 0.25) is 5.91 Å². The zero-order chi connectivity index (χ0) is 17.5. The van der Waals surface area contributed by atoms with E-state index in [4.69, 9.17) is 9.15 Å². The number of carbonyl (C=O) groups excluding carboxylic acids is 1. The van der Waals surface area contributed by atoms with Crippen LogP contribution >= 0.6 is 11.3 Å². The molecule has 3 rings (SSSR count). The maximum atomic E-state index is 11.8. The van der Waals surface area contributed by atoms with Gasteiger partial charge in [-0.2, -0.15) is 0 Å².